The molecular formula is C17H22N2O2S. The highest BCUT2D eigenvalue weighted by molar-refractivity contribution is 7.10. The number of nitrogens with zero attached hydrogens (tertiary/aromatic N) is 1. The molecule has 0 atom stereocenters. The third kappa shape index (κ3) is 4.58. The molecule has 1 heterocycles. The van der Waals surface area contributed by atoms with Crippen molar-refractivity contribution in [3.8, 4) is 5.75 Å². The van der Waals surface area contributed by atoms with Crippen LogP contribution < -0.4 is 10.1 Å². The van der Waals surface area contributed by atoms with Crippen molar-refractivity contribution in [2.75, 3.05) is 20.7 Å². The molecule has 1 aromatic carbocycles. The van der Waals surface area contributed by atoms with Gasteiger partial charge in [0.1, 0.15) is 5.75 Å². The molecular weight excluding hydrogens is 296 g/mol. The van der Waals surface area contributed by atoms with E-state index in [1.54, 1.807) is 18.4 Å². The molecule has 0 saturated carbocycles. The minimum atomic E-state index is 0.0163. The van der Waals surface area contributed by atoms with Crippen LogP contribution in [0, 0.1) is 6.92 Å². The van der Waals surface area contributed by atoms with E-state index in [9.17, 15) is 4.79 Å². The van der Waals surface area contributed by atoms with Gasteiger partial charge in [0.2, 0.25) is 5.91 Å². The lowest BCUT2D eigenvalue weighted by atomic mass is 10.2. The number of aryl methyl sites for hydroxylation is 1. The number of carbonyl (C=O) groups is 1. The Kier molecular flexibility index (Phi) is 5.98. The van der Waals surface area contributed by atoms with E-state index in [0.717, 1.165) is 17.9 Å². The maximum absolute atomic E-state index is 12.0. The standard InChI is InChI=1S/C17H22N2O2S/c1-13-8-9-22-16(13)11-19(2)12-17(20)18-10-14-6-4-5-7-15(14)21-3/h4-9H,10-12H2,1-3H3,(H,18,20). The molecule has 0 aliphatic heterocycles. The lowest BCUT2D eigenvalue weighted by Crippen LogP contribution is -2.34. The molecule has 1 aromatic heterocycles. The molecule has 4 nitrogen and oxygen atoms in total. The first-order valence-electron chi connectivity index (χ1n) is 7.20. The van der Waals surface area contributed by atoms with Gasteiger partial charge in [-0.05, 0) is 37.0 Å². The highest BCUT2D eigenvalue weighted by Gasteiger charge is 2.10. The highest BCUT2D eigenvalue weighted by Crippen LogP contribution is 2.18. The number of benzene rings is 1. The molecule has 0 aliphatic carbocycles. The van der Waals surface area contributed by atoms with E-state index >= 15 is 0 Å². The number of para-hydroxylation sites is 1. The van der Waals surface area contributed by atoms with Crippen molar-refractivity contribution in [2.45, 2.75) is 20.0 Å². The van der Waals surface area contributed by atoms with Gasteiger partial charge in [-0.15, -0.1) is 11.3 Å². The average Bonchev–Trinajstić information content (AvgIpc) is 2.90. The van der Waals surface area contributed by atoms with E-state index in [-0.39, 0.29) is 5.91 Å². The summed E-state index contributed by atoms with van der Waals surface area (Å²) in [5.74, 6) is 0.813. The van der Waals surface area contributed by atoms with Gasteiger partial charge in [0.15, 0.2) is 0 Å². The van der Waals surface area contributed by atoms with Gasteiger partial charge in [0.25, 0.3) is 0 Å². The van der Waals surface area contributed by atoms with Gasteiger partial charge in [-0.3, -0.25) is 9.69 Å². The monoisotopic (exact) mass is 318 g/mol. The van der Waals surface area contributed by atoms with E-state index in [1.165, 1.54) is 10.4 Å². The summed E-state index contributed by atoms with van der Waals surface area (Å²) in [7, 11) is 3.60. The summed E-state index contributed by atoms with van der Waals surface area (Å²) >= 11 is 1.73. The van der Waals surface area contributed by atoms with E-state index in [2.05, 4.69) is 23.7 Å². The Morgan fingerprint density at radius 3 is 2.77 bits per heavy atom. The van der Waals surface area contributed by atoms with Crippen molar-refractivity contribution >= 4 is 17.2 Å². The SMILES string of the molecule is COc1ccccc1CNC(=O)CN(C)Cc1sccc1C. The van der Waals surface area contributed by atoms with Crippen molar-refractivity contribution in [3.63, 3.8) is 0 Å². The third-order valence-electron chi connectivity index (χ3n) is 3.46. The fraction of sp³-hybridized carbons (Fsp3) is 0.353. The molecule has 0 fully saturated rings. The molecule has 0 unspecified atom stereocenters. The summed E-state index contributed by atoms with van der Waals surface area (Å²) in [4.78, 5) is 15.4. The summed E-state index contributed by atoms with van der Waals surface area (Å²) in [6, 6.07) is 9.82. The molecule has 1 N–H and O–H groups in total. The van der Waals surface area contributed by atoms with Crippen LogP contribution in [0.1, 0.15) is 16.0 Å². The van der Waals surface area contributed by atoms with E-state index in [1.807, 2.05) is 36.2 Å². The van der Waals surface area contributed by atoms with Crippen LogP contribution in [-0.4, -0.2) is 31.5 Å². The van der Waals surface area contributed by atoms with Crippen molar-refractivity contribution in [3.05, 3.63) is 51.7 Å². The quantitative estimate of drug-likeness (QED) is 0.853. The second kappa shape index (κ2) is 7.96. The fourth-order valence-electron chi connectivity index (χ4n) is 2.21. The molecule has 22 heavy (non-hydrogen) atoms. The molecule has 1 amide bonds. The van der Waals surface area contributed by atoms with E-state index in [4.69, 9.17) is 4.74 Å². The average molecular weight is 318 g/mol. The first kappa shape index (κ1) is 16.5. The first-order valence-corrected chi connectivity index (χ1v) is 8.08. The maximum atomic E-state index is 12.0. The van der Waals surface area contributed by atoms with Crippen LogP contribution in [-0.2, 0) is 17.9 Å². The van der Waals surface area contributed by atoms with Gasteiger partial charge in [-0.2, -0.15) is 0 Å². The number of nitrogens with one attached hydrogen (secondary N) is 1. The van der Waals surface area contributed by atoms with E-state index < -0.39 is 0 Å². The number of methoxy groups -OCH3 is 1. The number of rotatable bonds is 7. The van der Waals surface area contributed by atoms with Crippen LogP contribution in [0.25, 0.3) is 0 Å². The number of hydrogen-bond acceptors (Lipinski definition) is 4. The molecule has 2 aromatic rings. The molecule has 0 radical (unpaired) electrons. The fourth-order valence-corrected chi connectivity index (χ4v) is 3.20. The first-order chi connectivity index (χ1) is 10.6. The third-order valence-corrected chi connectivity index (χ3v) is 4.47. The summed E-state index contributed by atoms with van der Waals surface area (Å²) < 4.78 is 5.28. The zero-order chi connectivity index (χ0) is 15.9. The van der Waals surface area contributed by atoms with Crippen LogP contribution in [0.2, 0.25) is 0 Å². The maximum Gasteiger partial charge on any atom is 0.234 e. The molecule has 0 aliphatic rings. The Balaban J connectivity index is 1.81. The Morgan fingerprint density at radius 1 is 1.32 bits per heavy atom. The zero-order valence-electron chi connectivity index (χ0n) is 13.3. The predicted octanol–water partition coefficient (Wildman–Crippen LogP) is 2.81. The number of carbonyl (C=O) groups excluding carboxylic acids is 1. The minimum Gasteiger partial charge on any atom is -0.496 e. The van der Waals surface area contributed by atoms with Gasteiger partial charge in [-0.1, -0.05) is 18.2 Å². The van der Waals surface area contributed by atoms with Crippen LogP contribution in [0.15, 0.2) is 35.7 Å². The zero-order valence-corrected chi connectivity index (χ0v) is 14.1. The number of likely N-dealkylation sites (N-methyl/N-ethyl adjacent to an activating group) is 1. The summed E-state index contributed by atoms with van der Waals surface area (Å²) in [6.45, 7) is 3.76. The van der Waals surface area contributed by atoms with Crippen LogP contribution >= 0.6 is 11.3 Å². The number of hydrogen-bond donors (Lipinski definition) is 1. The van der Waals surface area contributed by atoms with Gasteiger partial charge in [0.05, 0.1) is 13.7 Å². The number of ether oxygens (including phenoxy) is 1. The second-order valence-electron chi connectivity index (χ2n) is 5.29. The molecule has 118 valence electrons. The van der Waals surface area contributed by atoms with Crippen LogP contribution in [0.3, 0.4) is 0 Å². The van der Waals surface area contributed by atoms with Crippen molar-refractivity contribution in [1.29, 1.82) is 0 Å². The number of thiophene rings is 1. The highest BCUT2D eigenvalue weighted by atomic mass is 32.1. The lowest BCUT2D eigenvalue weighted by molar-refractivity contribution is -0.122. The van der Waals surface area contributed by atoms with Gasteiger partial charge < -0.3 is 10.1 Å². The van der Waals surface area contributed by atoms with E-state index in [0.29, 0.717) is 13.1 Å². The Bertz CT molecular complexity index is 625. The molecule has 0 bridgehead atoms. The lowest BCUT2D eigenvalue weighted by Gasteiger charge is -2.16. The Labute approximate surface area is 135 Å². The normalized spacial score (nSPS) is 10.7. The topological polar surface area (TPSA) is 41.6 Å². The Morgan fingerprint density at radius 2 is 2.09 bits per heavy atom. The smallest absolute Gasteiger partial charge is 0.234 e. The summed E-state index contributed by atoms with van der Waals surface area (Å²) in [5.41, 5.74) is 2.27. The number of amides is 1. The van der Waals surface area contributed by atoms with Crippen LogP contribution in [0.5, 0.6) is 5.75 Å². The van der Waals surface area contributed by atoms with Crippen LogP contribution in [0.4, 0.5) is 0 Å². The predicted molar refractivity (Wildman–Crippen MR) is 90.2 cm³/mol. The van der Waals surface area contributed by atoms with Crippen molar-refractivity contribution in [2.24, 2.45) is 0 Å². The van der Waals surface area contributed by atoms with Gasteiger partial charge >= 0.3 is 0 Å². The largest absolute Gasteiger partial charge is 0.496 e. The molecule has 5 heteroatoms. The van der Waals surface area contributed by atoms with Gasteiger partial charge in [0, 0.05) is 23.5 Å². The second-order valence-corrected chi connectivity index (χ2v) is 6.29. The molecule has 2 rings (SSSR count). The molecule has 0 spiro atoms. The van der Waals surface area contributed by atoms with Gasteiger partial charge in [-0.25, -0.2) is 0 Å². The minimum absolute atomic E-state index is 0.0163. The molecule has 0 saturated heterocycles. The van der Waals surface area contributed by atoms with Crippen molar-refractivity contribution in [1.82, 2.24) is 10.2 Å². The Hall–Kier alpha value is -1.85. The summed E-state index contributed by atoms with van der Waals surface area (Å²) in [5, 5.41) is 5.03. The summed E-state index contributed by atoms with van der Waals surface area (Å²) in [6.07, 6.45) is 0. The van der Waals surface area contributed by atoms with Crippen molar-refractivity contribution < 1.29 is 9.53 Å².